The van der Waals surface area contributed by atoms with Crippen molar-refractivity contribution in [2.24, 2.45) is 5.92 Å². The van der Waals surface area contributed by atoms with Crippen molar-refractivity contribution in [3.8, 4) is 0 Å². The zero-order valence-electron chi connectivity index (χ0n) is 9.59. The zero-order valence-corrected chi connectivity index (χ0v) is 9.59. The molecule has 2 unspecified atom stereocenters. The first-order chi connectivity index (χ1) is 7.27. The molecule has 0 radical (unpaired) electrons. The maximum Gasteiger partial charge on any atom is 0.234 e. The zero-order chi connectivity index (χ0) is 11.1. The van der Waals surface area contributed by atoms with E-state index in [0.29, 0.717) is 19.1 Å². The Morgan fingerprint density at radius 3 is 3.00 bits per heavy atom. The molecule has 0 aromatic carbocycles. The summed E-state index contributed by atoms with van der Waals surface area (Å²) in [6.07, 6.45) is 6.73. The third-order valence-corrected chi connectivity index (χ3v) is 3.15. The molecular formula is C12H22N2O. The van der Waals surface area contributed by atoms with E-state index in [0.717, 1.165) is 5.92 Å². The highest BCUT2D eigenvalue weighted by molar-refractivity contribution is 5.78. The minimum atomic E-state index is 0.0663. The first-order valence-electron chi connectivity index (χ1n) is 5.89. The maximum atomic E-state index is 11.3. The van der Waals surface area contributed by atoms with Crippen LogP contribution in [-0.4, -0.2) is 25.0 Å². The second-order valence-electron chi connectivity index (χ2n) is 4.18. The molecule has 2 atom stereocenters. The molecule has 3 nitrogen and oxygen atoms in total. The maximum absolute atomic E-state index is 11.3. The fourth-order valence-electron chi connectivity index (χ4n) is 2.27. The van der Waals surface area contributed by atoms with E-state index in [1.165, 1.54) is 25.7 Å². The topological polar surface area (TPSA) is 41.1 Å². The lowest BCUT2D eigenvalue weighted by molar-refractivity contribution is -0.120. The number of carbonyl (C=O) groups is 1. The molecule has 1 aliphatic rings. The Bertz CT molecular complexity index is 216. The van der Waals surface area contributed by atoms with Gasteiger partial charge < -0.3 is 10.6 Å². The average molecular weight is 210 g/mol. The van der Waals surface area contributed by atoms with Gasteiger partial charge in [0.15, 0.2) is 0 Å². The number of nitrogens with one attached hydrogen (secondary N) is 2. The molecule has 0 aromatic rings. The summed E-state index contributed by atoms with van der Waals surface area (Å²) in [5.74, 6) is 0.828. The molecule has 0 bridgehead atoms. The molecule has 1 aliphatic carbocycles. The summed E-state index contributed by atoms with van der Waals surface area (Å²) in [6.45, 7) is 6.78. The molecule has 15 heavy (non-hydrogen) atoms. The highest BCUT2D eigenvalue weighted by Crippen LogP contribution is 2.27. The molecular weight excluding hydrogens is 188 g/mol. The number of rotatable bonds is 6. The minimum Gasteiger partial charge on any atom is -0.352 e. The van der Waals surface area contributed by atoms with Crippen molar-refractivity contribution in [1.82, 2.24) is 10.6 Å². The number of hydrogen-bond donors (Lipinski definition) is 2. The smallest absolute Gasteiger partial charge is 0.234 e. The molecule has 0 spiro atoms. The molecule has 3 heteroatoms. The molecule has 0 aromatic heterocycles. The van der Waals surface area contributed by atoms with Crippen molar-refractivity contribution < 1.29 is 4.79 Å². The van der Waals surface area contributed by atoms with Gasteiger partial charge in [0, 0.05) is 12.6 Å². The molecule has 86 valence electrons. The van der Waals surface area contributed by atoms with Gasteiger partial charge in [-0.2, -0.15) is 0 Å². The summed E-state index contributed by atoms with van der Waals surface area (Å²) in [4.78, 5) is 11.3. The molecule has 1 fully saturated rings. The van der Waals surface area contributed by atoms with Crippen LogP contribution < -0.4 is 10.6 Å². The summed E-state index contributed by atoms with van der Waals surface area (Å²) in [5.41, 5.74) is 0. The normalized spacial score (nSPS) is 25.1. The van der Waals surface area contributed by atoms with E-state index >= 15 is 0 Å². The monoisotopic (exact) mass is 210 g/mol. The van der Waals surface area contributed by atoms with Crippen molar-refractivity contribution in [2.75, 3.05) is 13.1 Å². The summed E-state index contributed by atoms with van der Waals surface area (Å²) in [6, 6.07) is 0.546. The number of carbonyl (C=O) groups excluding carboxylic acids is 1. The van der Waals surface area contributed by atoms with Gasteiger partial charge in [-0.15, -0.1) is 6.58 Å². The average Bonchev–Trinajstić information content (AvgIpc) is 2.70. The van der Waals surface area contributed by atoms with Gasteiger partial charge in [0.1, 0.15) is 0 Å². The Morgan fingerprint density at radius 1 is 1.53 bits per heavy atom. The van der Waals surface area contributed by atoms with E-state index in [4.69, 9.17) is 0 Å². The number of hydrogen-bond acceptors (Lipinski definition) is 2. The van der Waals surface area contributed by atoms with Gasteiger partial charge in [0.05, 0.1) is 6.54 Å². The van der Waals surface area contributed by atoms with E-state index in [1.807, 2.05) is 0 Å². The van der Waals surface area contributed by atoms with Gasteiger partial charge in [-0.25, -0.2) is 0 Å². The summed E-state index contributed by atoms with van der Waals surface area (Å²) < 4.78 is 0. The van der Waals surface area contributed by atoms with Crippen LogP contribution in [0.15, 0.2) is 12.7 Å². The first-order valence-corrected chi connectivity index (χ1v) is 5.89. The Morgan fingerprint density at radius 2 is 2.33 bits per heavy atom. The van der Waals surface area contributed by atoms with Gasteiger partial charge in [-0.1, -0.05) is 25.8 Å². The van der Waals surface area contributed by atoms with Crippen LogP contribution >= 0.6 is 0 Å². The molecule has 1 saturated carbocycles. The van der Waals surface area contributed by atoms with Crippen molar-refractivity contribution in [3.63, 3.8) is 0 Å². The SMILES string of the molecule is C=CCNC(=O)CNC1CCCC1CC. The largest absolute Gasteiger partial charge is 0.352 e. The van der Waals surface area contributed by atoms with Crippen molar-refractivity contribution in [3.05, 3.63) is 12.7 Å². The predicted molar refractivity (Wildman–Crippen MR) is 62.6 cm³/mol. The van der Waals surface area contributed by atoms with Crippen LogP contribution in [0.5, 0.6) is 0 Å². The van der Waals surface area contributed by atoms with Gasteiger partial charge in [-0.3, -0.25) is 4.79 Å². The van der Waals surface area contributed by atoms with Gasteiger partial charge in [-0.05, 0) is 18.8 Å². The molecule has 1 amide bonds. The Balaban J connectivity index is 2.18. The predicted octanol–water partition coefficient (Wildman–Crippen LogP) is 1.46. The van der Waals surface area contributed by atoms with Gasteiger partial charge >= 0.3 is 0 Å². The van der Waals surface area contributed by atoms with E-state index in [-0.39, 0.29) is 5.91 Å². The van der Waals surface area contributed by atoms with Crippen LogP contribution in [0.2, 0.25) is 0 Å². The van der Waals surface area contributed by atoms with E-state index in [1.54, 1.807) is 6.08 Å². The van der Waals surface area contributed by atoms with Crippen LogP contribution in [0.4, 0.5) is 0 Å². The number of amides is 1. The standard InChI is InChI=1S/C12H22N2O/c1-3-8-13-12(15)9-14-11-7-5-6-10(11)4-2/h3,10-11,14H,1,4-9H2,2H3,(H,13,15). The third kappa shape index (κ3) is 4.04. The fraction of sp³-hybridized carbons (Fsp3) is 0.750. The third-order valence-electron chi connectivity index (χ3n) is 3.15. The molecule has 1 rings (SSSR count). The van der Waals surface area contributed by atoms with Crippen LogP contribution in [0.1, 0.15) is 32.6 Å². The minimum absolute atomic E-state index is 0.0663. The Labute approximate surface area is 92.3 Å². The first kappa shape index (κ1) is 12.2. The lowest BCUT2D eigenvalue weighted by atomic mass is 10.0. The quantitative estimate of drug-likeness (QED) is 0.652. The molecule has 2 N–H and O–H groups in total. The van der Waals surface area contributed by atoms with Gasteiger partial charge in [0.2, 0.25) is 5.91 Å². The lowest BCUT2D eigenvalue weighted by Crippen LogP contribution is -2.40. The van der Waals surface area contributed by atoms with E-state index < -0.39 is 0 Å². The highest BCUT2D eigenvalue weighted by atomic mass is 16.1. The van der Waals surface area contributed by atoms with Crippen LogP contribution in [0.3, 0.4) is 0 Å². The van der Waals surface area contributed by atoms with Crippen LogP contribution in [-0.2, 0) is 4.79 Å². The Hall–Kier alpha value is -0.830. The second-order valence-corrected chi connectivity index (χ2v) is 4.18. The highest BCUT2D eigenvalue weighted by Gasteiger charge is 2.25. The molecule has 0 heterocycles. The van der Waals surface area contributed by atoms with E-state index in [9.17, 15) is 4.79 Å². The summed E-state index contributed by atoms with van der Waals surface area (Å²) in [7, 11) is 0. The van der Waals surface area contributed by atoms with Gasteiger partial charge in [0.25, 0.3) is 0 Å². The van der Waals surface area contributed by atoms with Crippen molar-refractivity contribution >= 4 is 5.91 Å². The second kappa shape index (κ2) is 6.62. The lowest BCUT2D eigenvalue weighted by Gasteiger charge is -2.19. The van der Waals surface area contributed by atoms with Crippen LogP contribution in [0, 0.1) is 5.92 Å². The van der Waals surface area contributed by atoms with E-state index in [2.05, 4.69) is 24.1 Å². The van der Waals surface area contributed by atoms with Crippen molar-refractivity contribution in [2.45, 2.75) is 38.6 Å². The fourth-order valence-corrected chi connectivity index (χ4v) is 2.27. The molecule has 0 saturated heterocycles. The van der Waals surface area contributed by atoms with Crippen LogP contribution in [0.25, 0.3) is 0 Å². The molecule has 0 aliphatic heterocycles. The summed E-state index contributed by atoms with van der Waals surface area (Å²) >= 11 is 0. The Kier molecular flexibility index (Phi) is 5.40. The van der Waals surface area contributed by atoms with Crippen molar-refractivity contribution in [1.29, 1.82) is 0 Å². The summed E-state index contributed by atoms with van der Waals surface area (Å²) in [5, 5.41) is 6.11.